The molecule has 0 aliphatic rings. The highest BCUT2D eigenvalue weighted by molar-refractivity contribution is 7.09. The van der Waals surface area contributed by atoms with Gasteiger partial charge >= 0.3 is 0 Å². The molecule has 0 fully saturated rings. The Hall–Kier alpha value is -3.72. The van der Waals surface area contributed by atoms with Crippen LogP contribution in [-0.2, 0) is 19.6 Å². The first kappa shape index (κ1) is 20.5. The van der Waals surface area contributed by atoms with Gasteiger partial charge in [-0.25, -0.2) is 9.37 Å². The smallest absolute Gasteiger partial charge is 0.271 e. The van der Waals surface area contributed by atoms with Crippen LogP contribution in [-0.4, -0.2) is 21.7 Å². The van der Waals surface area contributed by atoms with E-state index in [2.05, 4.69) is 10.3 Å². The molecule has 2 amide bonds. The molecule has 0 saturated heterocycles. The molecule has 0 atom stereocenters. The maximum atomic E-state index is 13.2. The Kier molecular flexibility index (Phi) is 6.23. The fourth-order valence-electron chi connectivity index (χ4n) is 2.89. The second kappa shape index (κ2) is 9.40. The minimum absolute atomic E-state index is 0.174. The van der Waals surface area contributed by atoms with Crippen molar-refractivity contribution in [2.24, 2.45) is 0 Å². The highest BCUT2D eigenvalue weighted by Crippen LogP contribution is 2.18. The summed E-state index contributed by atoms with van der Waals surface area (Å²) in [7, 11) is 0. The van der Waals surface area contributed by atoms with E-state index in [1.807, 2.05) is 0 Å². The first-order chi connectivity index (χ1) is 15.1. The van der Waals surface area contributed by atoms with Gasteiger partial charge in [-0.2, -0.15) is 0 Å². The highest BCUT2D eigenvalue weighted by Gasteiger charge is 2.20. The maximum Gasteiger partial charge on any atom is 0.271 e. The zero-order valence-electron chi connectivity index (χ0n) is 16.3. The molecule has 0 saturated carbocycles. The Bertz CT molecular complexity index is 1140. The van der Waals surface area contributed by atoms with Crippen LogP contribution in [0, 0.1) is 5.82 Å². The molecular weight excluding hydrogens is 421 g/mol. The van der Waals surface area contributed by atoms with E-state index in [-0.39, 0.29) is 37.1 Å². The lowest BCUT2D eigenvalue weighted by Gasteiger charge is -2.20. The van der Waals surface area contributed by atoms with Crippen molar-refractivity contribution in [2.75, 3.05) is 0 Å². The Morgan fingerprint density at radius 1 is 1.00 bits per heavy atom. The Labute approximate surface area is 181 Å². The van der Waals surface area contributed by atoms with Crippen molar-refractivity contribution >= 4 is 23.2 Å². The number of thiazole rings is 1. The third-order valence-corrected chi connectivity index (χ3v) is 5.25. The number of nitrogens with zero attached hydrogens (tertiary/aromatic N) is 2. The number of carbonyl (C=O) groups is 2. The number of amides is 2. The minimum Gasteiger partial charge on any atom is -0.467 e. The monoisotopic (exact) mass is 439 g/mol. The standard InChI is InChI=1S/C22H18FN3O4S/c23-16-7-5-15(6-8-16)22(28)26(12-18-4-2-10-30-18)13-20-25-19(14-31-20)21(27)24-11-17-3-1-9-29-17/h1-10,14H,11-13H2,(H,24,27). The Morgan fingerprint density at radius 3 is 2.39 bits per heavy atom. The van der Waals surface area contributed by atoms with Crippen molar-refractivity contribution in [1.82, 2.24) is 15.2 Å². The van der Waals surface area contributed by atoms with E-state index in [1.54, 1.807) is 29.6 Å². The summed E-state index contributed by atoms with van der Waals surface area (Å²) in [6.07, 6.45) is 3.06. The van der Waals surface area contributed by atoms with Gasteiger partial charge in [-0.1, -0.05) is 0 Å². The first-order valence-electron chi connectivity index (χ1n) is 9.40. The van der Waals surface area contributed by atoms with Gasteiger partial charge in [-0.3, -0.25) is 9.59 Å². The number of carbonyl (C=O) groups excluding carboxylic acids is 2. The van der Waals surface area contributed by atoms with Crippen LogP contribution in [0.1, 0.15) is 37.4 Å². The second-order valence-electron chi connectivity index (χ2n) is 6.64. The molecule has 1 aromatic carbocycles. The molecule has 1 N–H and O–H groups in total. The van der Waals surface area contributed by atoms with Crippen LogP contribution in [0.25, 0.3) is 0 Å². The fraction of sp³-hybridized carbons (Fsp3) is 0.136. The number of hydrogen-bond donors (Lipinski definition) is 1. The number of halogens is 1. The van der Waals surface area contributed by atoms with Gasteiger partial charge in [0, 0.05) is 10.9 Å². The van der Waals surface area contributed by atoms with Crippen molar-refractivity contribution in [1.29, 1.82) is 0 Å². The summed E-state index contributed by atoms with van der Waals surface area (Å²) in [5.74, 6) is 0.192. The summed E-state index contributed by atoms with van der Waals surface area (Å²) in [5, 5.41) is 4.97. The van der Waals surface area contributed by atoms with Crippen LogP contribution < -0.4 is 5.32 Å². The minimum atomic E-state index is -0.417. The summed E-state index contributed by atoms with van der Waals surface area (Å²) in [5.41, 5.74) is 0.611. The summed E-state index contributed by atoms with van der Waals surface area (Å²) >= 11 is 1.28. The molecular formula is C22H18FN3O4S. The zero-order chi connectivity index (χ0) is 21.6. The molecule has 9 heteroatoms. The van der Waals surface area contributed by atoms with Crippen molar-refractivity contribution < 1.29 is 22.8 Å². The van der Waals surface area contributed by atoms with Gasteiger partial charge in [0.25, 0.3) is 11.8 Å². The maximum absolute atomic E-state index is 13.2. The van der Waals surface area contributed by atoms with Gasteiger partial charge < -0.3 is 19.1 Å². The molecule has 0 spiro atoms. The summed E-state index contributed by atoms with van der Waals surface area (Å²) in [6.45, 7) is 0.641. The quantitative estimate of drug-likeness (QED) is 0.444. The van der Waals surface area contributed by atoms with Gasteiger partial charge in [0.2, 0.25) is 0 Å². The van der Waals surface area contributed by atoms with Crippen molar-refractivity contribution in [3.8, 4) is 0 Å². The van der Waals surface area contributed by atoms with E-state index in [4.69, 9.17) is 8.83 Å². The van der Waals surface area contributed by atoms with Gasteiger partial charge in [-0.15, -0.1) is 11.3 Å². The van der Waals surface area contributed by atoms with Crippen LogP contribution in [0.3, 0.4) is 0 Å². The predicted octanol–water partition coefficient (Wildman–Crippen LogP) is 4.24. The normalized spacial score (nSPS) is 10.7. The van der Waals surface area contributed by atoms with Gasteiger partial charge in [-0.05, 0) is 48.5 Å². The average molecular weight is 439 g/mol. The molecule has 0 aliphatic carbocycles. The molecule has 0 aliphatic heterocycles. The van der Waals surface area contributed by atoms with Crippen molar-refractivity contribution in [3.05, 3.63) is 100 Å². The number of nitrogens with one attached hydrogen (secondary N) is 1. The summed E-state index contributed by atoms with van der Waals surface area (Å²) in [4.78, 5) is 31.3. The molecule has 4 rings (SSSR count). The number of hydrogen-bond acceptors (Lipinski definition) is 6. The molecule has 158 valence electrons. The molecule has 3 aromatic heterocycles. The van der Waals surface area contributed by atoms with Crippen LogP contribution >= 0.6 is 11.3 Å². The highest BCUT2D eigenvalue weighted by atomic mass is 32.1. The van der Waals surface area contributed by atoms with E-state index in [0.717, 1.165) is 0 Å². The zero-order valence-corrected chi connectivity index (χ0v) is 17.1. The van der Waals surface area contributed by atoms with E-state index in [0.29, 0.717) is 22.1 Å². The van der Waals surface area contributed by atoms with Crippen molar-refractivity contribution in [2.45, 2.75) is 19.6 Å². The molecule has 0 bridgehead atoms. The van der Waals surface area contributed by atoms with E-state index in [9.17, 15) is 14.0 Å². The van der Waals surface area contributed by atoms with Crippen LogP contribution in [0.5, 0.6) is 0 Å². The van der Waals surface area contributed by atoms with Gasteiger partial charge in [0.15, 0.2) is 0 Å². The second-order valence-corrected chi connectivity index (χ2v) is 7.58. The number of rotatable bonds is 8. The van der Waals surface area contributed by atoms with Gasteiger partial charge in [0.1, 0.15) is 28.0 Å². The van der Waals surface area contributed by atoms with E-state index >= 15 is 0 Å². The number of aromatic nitrogens is 1. The lowest BCUT2D eigenvalue weighted by Crippen LogP contribution is -2.30. The third kappa shape index (κ3) is 5.26. The van der Waals surface area contributed by atoms with E-state index < -0.39 is 5.82 Å². The van der Waals surface area contributed by atoms with Gasteiger partial charge in [0.05, 0.1) is 32.2 Å². The predicted molar refractivity (Wildman–Crippen MR) is 111 cm³/mol. The van der Waals surface area contributed by atoms with Crippen LogP contribution in [0.4, 0.5) is 4.39 Å². The molecule has 0 unspecified atom stereocenters. The summed E-state index contributed by atoms with van der Waals surface area (Å²) < 4.78 is 23.8. The molecule has 0 radical (unpaired) electrons. The van der Waals surface area contributed by atoms with E-state index in [1.165, 1.54) is 53.0 Å². The number of furan rings is 2. The molecule has 7 nitrogen and oxygen atoms in total. The number of benzene rings is 1. The van der Waals surface area contributed by atoms with Crippen LogP contribution in [0.2, 0.25) is 0 Å². The van der Waals surface area contributed by atoms with Crippen molar-refractivity contribution in [3.63, 3.8) is 0 Å². The largest absolute Gasteiger partial charge is 0.467 e. The molecule has 31 heavy (non-hydrogen) atoms. The lowest BCUT2D eigenvalue weighted by molar-refractivity contribution is 0.0717. The summed E-state index contributed by atoms with van der Waals surface area (Å²) in [6, 6.07) is 12.4. The average Bonchev–Trinajstić information content (AvgIpc) is 3.54. The Morgan fingerprint density at radius 2 is 1.71 bits per heavy atom. The Balaban J connectivity index is 1.47. The van der Waals surface area contributed by atoms with Crippen LogP contribution in [0.15, 0.2) is 75.3 Å². The molecule has 3 heterocycles. The first-order valence-corrected chi connectivity index (χ1v) is 10.3. The third-order valence-electron chi connectivity index (χ3n) is 4.42. The SMILES string of the molecule is O=C(NCc1ccco1)c1csc(CN(Cc2ccco2)C(=O)c2ccc(F)cc2)n1. The topological polar surface area (TPSA) is 88.6 Å². The molecule has 4 aromatic rings. The lowest BCUT2D eigenvalue weighted by atomic mass is 10.2. The fourth-order valence-corrected chi connectivity index (χ4v) is 3.68.